The molecule has 1 aliphatic carbocycles. The van der Waals surface area contributed by atoms with E-state index in [1.54, 1.807) is 0 Å². The van der Waals surface area contributed by atoms with Crippen LogP contribution < -0.4 is 4.74 Å². The molecule has 0 fully saturated rings. The Balaban J connectivity index is 1.04. The van der Waals surface area contributed by atoms with Crippen LogP contribution in [0.2, 0.25) is 0 Å². The highest BCUT2D eigenvalue weighted by Gasteiger charge is 2.50. The van der Waals surface area contributed by atoms with E-state index in [1.165, 1.54) is 99.1 Å². The van der Waals surface area contributed by atoms with Gasteiger partial charge >= 0.3 is 0 Å². The van der Waals surface area contributed by atoms with Crippen LogP contribution in [0.3, 0.4) is 0 Å². The van der Waals surface area contributed by atoms with E-state index in [2.05, 4.69) is 267 Å². The molecule has 0 spiro atoms. The van der Waals surface area contributed by atoms with Gasteiger partial charge in [0, 0.05) is 11.1 Å². The molecular weight excluding hydrogens is 833 g/mol. The van der Waals surface area contributed by atoms with Crippen molar-refractivity contribution in [3.8, 4) is 44.9 Å². The summed E-state index contributed by atoms with van der Waals surface area (Å²) in [4.78, 5) is 0. The fourth-order valence-corrected chi connectivity index (χ4v) is 12.5. The van der Waals surface area contributed by atoms with Gasteiger partial charge in [0.15, 0.2) is 0 Å². The van der Waals surface area contributed by atoms with Gasteiger partial charge < -0.3 is 4.74 Å². The monoisotopic (exact) mass is 876 g/mol. The standard InChI is InChI=1S/C68H44O/c1-3-22-47(23-4-1)67(48-24-5-2-6-25-48)59-33-14-13-27-52(59)53-43-42-50(44-62(53)67)68(60-34-15-17-36-63(60)69-64-37-18-16-35-61(64)68)49-40-38-46(39-41-49)65-55-28-9-11-30-57(55)66(58-31-12-10-29-56(58)65)54-32-19-21-45-20-7-8-26-51(45)54/h1-44H. The van der Waals surface area contributed by atoms with Crippen LogP contribution in [0.4, 0.5) is 0 Å². The van der Waals surface area contributed by atoms with Gasteiger partial charge in [-0.1, -0.05) is 255 Å². The van der Waals surface area contributed by atoms with E-state index in [1.807, 2.05) is 0 Å². The van der Waals surface area contributed by atoms with Crippen LogP contribution >= 0.6 is 0 Å². The van der Waals surface area contributed by atoms with E-state index in [4.69, 9.17) is 4.74 Å². The summed E-state index contributed by atoms with van der Waals surface area (Å²) in [6, 6.07) is 98.8. The minimum atomic E-state index is -0.741. The Morgan fingerprint density at radius 1 is 0.246 bits per heavy atom. The van der Waals surface area contributed by atoms with Gasteiger partial charge in [0.2, 0.25) is 0 Å². The van der Waals surface area contributed by atoms with Crippen LogP contribution in [0.15, 0.2) is 267 Å². The van der Waals surface area contributed by atoms with E-state index in [-0.39, 0.29) is 0 Å². The minimum Gasteiger partial charge on any atom is -0.457 e. The lowest BCUT2D eigenvalue weighted by molar-refractivity contribution is 0.434. The summed E-state index contributed by atoms with van der Waals surface area (Å²) in [6.07, 6.45) is 0. The third-order valence-electron chi connectivity index (χ3n) is 15.3. The summed E-state index contributed by atoms with van der Waals surface area (Å²) in [5, 5.41) is 7.46. The summed E-state index contributed by atoms with van der Waals surface area (Å²) < 4.78 is 6.86. The first kappa shape index (κ1) is 39.4. The van der Waals surface area contributed by atoms with Gasteiger partial charge in [0.25, 0.3) is 0 Å². The lowest BCUT2D eigenvalue weighted by Gasteiger charge is -2.42. The molecule has 0 bridgehead atoms. The van der Waals surface area contributed by atoms with Crippen LogP contribution in [0, 0.1) is 0 Å². The Bertz CT molecular complexity index is 3830. The zero-order valence-corrected chi connectivity index (χ0v) is 37.8. The predicted molar refractivity (Wildman–Crippen MR) is 286 cm³/mol. The summed E-state index contributed by atoms with van der Waals surface area (Å²) in [5.41, 5.74) is 15.8. The molecule has 69 heavy (non-hydrogen) atoms. The number of rotatable bonds is 6. The molecule has 0 saturated heterocycles. The molecular formula is C68H44O. The Morgan fingerprint density at radius 2 is 0.667 bits per heavy atom. The van der Waals surface area contributed by atoms with Crippen LogP contribution in [-0.2, 0) is 10.8 Å². The molecule has 0 atom stereocenters. The average Bonchev–Trinajstić information content (AvgIpc) is 3.72. The molecule has 12 aromatic carbocycles. The van der Waals surface area contributed by atoms with Gasteiger partial charge in [-0.25, -0.2) is 0 Å². The van der Waals surface area contributed by atoms with Crippen molar-refractivity contribution in [2.75, 3.05) is 0 Å². The quantitative estimate of drug-likeness (QED) is 0.151. The maximum Gasteiger partial charge on any atom is 0.132 e. The Labute approximate surface area is 402 Å². The number of ether oxygens (including phenoxy) is 1. The third-order valence-corrected chi connectivity index (χ3v) is 15.3. The summed E-state index contributed by atoms with van der Waals surface area (Å²) >= 11 is 0. The Hall–Kier alpha value is -8.78. The van der Waals surface area contributed by atoms with Gasteiger partial charge in [-0.15, -0.1) is 0 Å². The SMILES string of the molecule is c1ccc(C2(c3ccccc3)c3ccccc3-c3ccc(C4(c5ccc(-c6c7ccccc7c(-c7cccc8ccccc78)c7ccccc67)cc5)c5ccccc5Oc5ccccc54)cc32)cc1. The minimum absolute atomic E-state index is 0.556. The maximum absolute atomic E-state index is 6.86. The Kier molecular flexibility index (Phi) is 8.78. The number of para-hydroxylation sites is 2. The Morgan fingerprint density at radius 3 is 1.29 bits per heavy atom. The first-order chi connectivity index (χ1) is 34.2. The molecule has 1 nitrogen and oxygen atoms in total. The highest BCUT2D eigenvalue weighted by Crippen LogP contribution is 2.60. The topological polar surface area (TPSA) is 9.23 Å². The first-order valence-corrected chi connectivity index (χ1v) is 24.0. The molecule has 1 heteroatoms. The van der Waals surface area contributed by atoms with E-state index in [0.29, 0.717) is 0 Å². The van der Waals surface area contributed by atoms with Crippen LogP contribution in [0.5, 0.6) is 11.5 Å². The fraction of sp³-hybridized carbons (Fsp3) is 0.0294. The molecule has 1 aliphatic heterocycles. The summed E-state index contributed by atoms with van der Waals surface area (Å²) in [6.45, 7) is 0. The van der Waals surface area contributed by atoms with E-state index < -0.39 is 10.8 Å². The second-order valence-electron chi connectivity index (χ2n) is 18.6. The molecule has 12 aromatic rings. The van der Waals surface area contributed by atoms with Crippen molar-refractivity contribution in [3.05, 3.63) is 311 Å². The molecule has 2 aliphatic rings. The smallest absolute Gasteiger partial charge is 0.132 e. The molecule has 0 N–H and O–H groups in total. The fourth-order valence-electron chi connectivity index (χ4n) is 12.5. The van der Waals surface area contributed by atoms with Crippen molar-refractivity contribution in [2.24, 2.45) is 0 Å². The molecule has 0 amide bonds. The van der Waals surface area contributed by atoms with Crippen LogP contribution in [-0.4, -0.2) is 0 Å². The first-order valence-electron chi connectivity index (χ1n) is 24.0. The zero-order valence-electron chi connectivity index (χ0n) is 37.8. The van der Waals surface area contributed by atoms with Gasteiger partial charge in [0.1, 0.15) is 11.5 Å². The molecule has 322 valence electrons. The third kappa shape index (κ3) is 5.59. The molecule has 14 rings (SSSR count). The molecule has 0 aromatic heterocycles. The molecule has 0 radical (unpaired) electrons. The molecule has 1 heterocycles. The largest absolute Gasteiger partial charge is 0.457 e. The van der Waals surface area contributed by atoms with E-state index in [0.717, 1.165) is 22.6 Å². The van der Waals surface area contributed by atoms with Crippen molar-refractivity contribution < 1.29 is 4.74 Å². The van der Waals surface area contributed by atoms with Crippen molar-refractivity contribution in [1.29, 1.82) is 0 Å². The second-order valence-corrected chi connectivity index (χ2v) is 18.6. The van der Waals surface area contributed by atoms with Gasteiger partial charge in [-0.3, -0.25) is 0 Å². The lowest BCUT2D eigenvalue weighted by atomic mass is 9.62. The average molecular weight is 877 g/mol. The van der Waals surface area contributed by atoms with Gasteiger partial charge in [0.05, 0.1) is 10.8 Å². The number of fused-ring (bicyclic) bond motifs is 8. The highest BCUT2D eigenvalue weighted by molar-refractivity contribution is 6.23. The van der Waals surface area contributed by atoms with Crippen LogP contribution in [0.25, 0.3) is 65.7 Å². The normalized spacial score (nSPS) is 13.9. The summed E-state index contributed by atoms with van der Waals surface area (Å²) in [5.74, 6) is 1.73. The van der Waals surface area contributed by atoms with Crippen molar-refractivity contribution in [1.82, 2.24) is 0 Å². The van der Waals surface area contributed by atoms with E-state index in [9.17, 15) is 0 Å². The number of benzene rings is 12. The number of hydrogen-bond donors (Lipinski definition) is 0. The summed E-state index contributed by atoms with van der Waals surface area (Å²) in [7, 11) is 0. The van der Waals surface area contributed by atoms with E-state index >= 15 is 0 Å². The van der Waals surface area contributed by atoms with Gasteiger partial charge in [-0.2, -0.15) is 0 Å². The van der Waals surface area contributed by atoms with Crippen LogP contribution in [0.1, 0.15) is 44.5 Å². The lowest BCUT2D eigenvalue weighted by Crippen LogP contribution is -2.35. The maximum atomic E-state index is 6.86. The predicted octanol–water partition coefficient (Wildman–Crippen LogP) is 17.3. The van der Waals surface area contributed by atoms with Crippen molar-refractivity contribution in [2.45, 2.75) is 10.8 Å². The molecule has 0 unspecified atom stereocenters. The number of hydrogen-bond acceptors (Lipinski definition) is 1. The van der Waals surface area contributed by atoms with Crippen molar-refractivity contribution >= 4 is 32.3 Å². The van der Waals surface area contributed by atoms with Crippen molar-refractivity contribution in [3.63, 3.8) is 0 Å². The molecule has 0 saturated carbocycles. The second kappa shape index (κ2) is 15.4. The van der Waals surface area contributed by atoms with Gasteiger partial charge in [-0.05, 0) is 111 Å². The highest BCUT2D eigenvalue weighted by atomic mass is 16.5. The zero-order chi connectivity index (χ0) is 45.5.